The van der Waals surface area contributed by atoms with Gasteiger partial charge in [0, 0.05) is 6.07 Å². The molecule has 1 aliphatic heterocycles. The van der Waals surface area contributed by atoms with Crippen LogP contribution in [0, 0.1) is 6.92 Å². The summed E-state index contributed by atoms with van der Waals surface area (Å²) >= 11 is 0. The molecule has 0 amide bonds. The molecule has 18 heavy (non-hydrogen) atoms. The fourth-order valence-corrected chi connectivity index (χ4v) is 1.92. The first-order valence-corrected chi connectivity index (χ1v) is 5.90. The van der Waals surface area contributed by atoms with Gasteiger partial charge in [0.05, 0.1) is 0 Å². The average molecular weight is 242 g/mol. The van der Waals surface area contributed by atoms with Crippen molar-refractivity contribution in [3.05, 3.63) is 53.6 Å². The van der Waals surface area contributed by atoms with E-state index >= 15 is 0 Å². The second-order valence-corrected chi connectivity index (χ2v) is 4.25. The highest BCUT2D eigenvalue weighted by Gasteiger charge is 2.16. The van der Waals surface area contributed by atoms with Crippen molar-refractivity contribution in [2.45, 2.75) is 13.5 Å². The van der Waals surface area contributed by atoms with Crippen molar-refractivity contribution in [3.63, 3.8) is 0 Å². The number of fused-ring (bicyclic) bond motifs is 1. The Morgan fingerprint density at radius 3 is 2.56 bits per heavy atom. The Labute approximate surface area is 106 Å². The second-order valence-electron chi connectivity index (χ2n) is 4.25. The monoisotopic (exact) mass is 242 g/mol. The summed E-state index contributed by atoms with van der Waals surface area (Å²) in [6.07, 6.45) is 0. The van der Waals surface area contributed by atoms with E-state index in [0.29, 0.717) is 6.61 Å². The maximum absolute atomic E-state index is 5.81. The largest absolute Gasteiger partial charge is 0.488 e. The highest BCUT2D eigenvalue weighted by atomic mass is 16.7. The van der Waals surface area contributed by atoms with Gasteiger partial charge in [0.15, 0.2) is 11.5 Å². The van der Waals surface area contributed by atoms with E-state index in [2.05, 4.69) is 0 Å². The zero-order valence-corrected chi connectivity index (χ0v) is 10.2. The number of rotatable bonds is 3. The van der Waals surface area contributed by atoms with Crippen LogP contribution < -0.4 is 14.2 Å². The van der Waals surface area contributed by atoms with Crippen LogP contribution in [0.15, 0.2) is 42.5 Å². The minimum Gasteiger partial charge on any atom is -0.488 e. The number of hydrogen-bond acceptors (Lipinski definition) is 3. The van der Waals surface area contributed by atoms with Crippen LogP contribution in [0.3, 0.4) is 0 Å². The molecule has 0 aliphatic carbocycles. The molecule has 0 atom stereocenters. The Morgan fingerprint density at radius 1 is 1.06 bits per heavy atom. The Balaban J connectivity index is 1.77. The molecule has 0 saturated carbocycles. The number of hydrogen-bond donors (Lipinski definition) is 0. The number of benzene rings is 2. The third-order valence-corrected chi connectivity index (χ3v) is 2.91. The third-order valence-electron chi connectivity index (χ3n) is 2.91. The minimum atomic E-state index is 0.289. The van der Waals surface area contributed by atoms with Crippen LogP contribution in [0.25, 0.3) is 0 Å². The van der Waals surface area contributed by atoms with E-state index in [4.69, 9.17) is 14.2 Å². The molecule has 0 spiro atoms. The number of ether oxygens (including phenoxy) is 3. The summed E-state index contributed by atoms with van der Waals surface area (Å²) in [5, 5.41) is 0. The van der Waals surface area contributed by atoms with E-state index in [1.54, 1.807) is 0 Å². The summed E-state index contributed by atoms with van der Waals surface area (Å²) in [6.45, 7) is 2.85. The first kappa shape index (κ1) is 11.0. The molecule has 0 bridgehead atoms. The van der Waals surface area contributed by atoms with E-state index in [-0.39, 0.29) is 6.79 Å². The standard InChI is InChI=1S/C15H14O3/c1-11-7-14-15(18-10-17-14)8-13(11)16-9-12-5-3-2-4-6-12/h2-8H,9-10H2,1H3. The summed E-state index contributed by atoms with van der Waals surface area (Å²) in [5.41, 5.74) is 2.20. The van der Waals surface area contributed by atoms with Crippen LogP contribution in [-0.4, -0.2) is 6.79 Å². The van der Waals surface area contributed by atoms with Gasteiger partial charge in [0.2, 0.25) is 6.79 Å². The third kappa shape index (κ3) is 2.12. The molecule has 3 heteroatoms. The van der Waals surface area contributed by atoms with Gasteiger partial charge in [-0.05, 0) is 24.1 Å². The summed E-state index contributed by atoms with van der Waals surface area (Å²) in [4.78, 5) is 0. The van der Waals surface area contributed by atoms with Crippen molar-refractivity contribution in [3.8, 4) is 17.2 Å². The lowest BCUT2D eigenvalue weighted by Crippen LogP contribution is -1.96. The van der Waals surface area contributed by atoms with Gasteiger partial charge in [0.25, 0.3) is 0 Å². The Hall–Kier alpha value is -2.16. The average Bonchev–Trinajstić information content (AvgIpc) is 2.84. The molecular weight excluding hydrogens is 228 g/mol. The highest BCUT2D eigenvalue weighted by Crippen LogP contribution is 2.37. The van der Waals surface area contributed by atoms with Gasteiger partial charge in [0.1, 0.15) is 12.4 Å². The van der Waals surface area contributed by atoms with Crippen LogP contribution in [-0.2, 0) is 6.61 Å². The molecule has 3 nitrogen and oxygen atoms in total. The lowest BCUT2D eigenvalue weighted by Gasteiger charge is -2.10. The molecule has 0 saturated heterocycles. The Kier molecular flexibility index (Phi) is 2.81. The summed E-state index contributed by atoms with van der Waals surface area (Å²) in [5.74, 6) is 2.38. The molecule has 0 N–H and O–H groups in total. The predicted molar refractivity (Wildman–Crippen MR) is 68.1 cm³/mol. The van der Waals surface area contributed by atoms with Crippen molar-refractivity contribution in [2.24, 2.45) is 0 Å². The van der Waals surface area contributed by atoms with Gasteiger partial charge in [-0.15, -0.1) is 0 Å². The highest BCUT2D eigenvalue weighted by molar-refractivity contribution is 5.51. The fraction of sp³-hybridized carbons (Fsp3) is 0.200. The molecular formula is C15H14O3. The van der Waals surface area contributed by atoms with Crippen molar-refractivity contribution < 1.29 is 14.2 Å². The van der Waals surface area contributed by atoms with Gasteiger partial charge in [-0.2, -0.15) is 0 Å². The number of aryl methyl sites for hydroxylation is 1. The normalized spacial score (nSPS) is 12.5. The van der Waals surface area contributed by atoms with Crippen LogP contribution in [0.5, 0.6) is 17.2 Å². The van der Waals surface area contributed by atoms with Crippen molar-refractivity contribution in [1.82, 2.24) is 0 Å². The topological polar surface area (TPSA) is 27.7 Å². The van der Waals surface area contributed by atoms with Crippen molar-refractivity contribution in [2.75, 3.05) is 6.79 Å². The van der Waals surface area contributed by atoms with Gasteiger partial charge in [-0.3, -0.25) is 0 Å². The maximum Gasteiger partial charge on any atom is 0.231 e. The minimum absolute atomic E-state index is 0.289. The van der Waals surface area contributed by atoms with E-state index in [1.807, 2.05) is 49.4 Å². The smallest absolute Gasteiger partial charge is 0.231 e. The quantitative estimate of drug-likeness (QED) is 0.826. The van der Waals surface area contributed by atoms with Gasteiger partial charge >= 0.3 is 0 Å². The summed E-state index contributed by atoms with van der Waals surface area (Å²) < 4.78 is 16.5. The van der Waals surface area contributed by atoms with Crippen LogP contribution in [0.4, 0.5) is 0 Å². The zero-order valence-electron chi connectivity index (χ0n) is 10.2. The SMILES string of the molecule is Cc1cc2c(cc1OCc1ccccc1)OCO2. The van der Waals surface area contributed by atoms with Crippen LogP contribution >= 0.6 is 0 Å². The van der Waals surface area contributed by atoms with Gasteiger partial charge in [-0.1, -0.05) is 30.3 Å². The lowest BCUT2D eigenvalue weighted by atomic mass is 10.2. The van der Waals surface area contributed by atoms with E-state index in [0.717, 1.165) is 28.4 Å². The van der Waals surface area contributed by atoms with E-state index < -0.39 is 0 Å². The predicted octanol–water partition coefficient (Wildman–Crippen LogP) is 3.30. The molecule has 1 heterocycles. The van der Waals surface area contributed by atoms with Crippen LogP contribution in [0.1, 0.15) is 11.1 Å². The molecule has 3 rings (SSSR count). The van der Waals surface area contributed by atoms with Gasteiger partial charge in [-0.25, -0.2) is 0 Å². The van der Waals surface area contributed by atoms with Crippen molar-refractivity contribution >= 4 is 0 Å². The molecule has 0 aromatic heterocycles. The second kappa shape index (κ2) is 4.61. The van der Waals surface area contributed by atoms with E-state index in [1.165, 1.54) is 0 Å². The molecule has 0 unspecified atom stereocenters. The maximum atomic E-state index is 5.81. The summed E-state index contributed by atoms with van der Waals surface area (Å²) in [6, 6.07) is 13.9. The van der Waals surface area contributed by atoms with E-state index in [9.17, 15) is 0 Å². The zero-order chi connectivity index (χ0) is 12.4. The fourth-order valence-electron chi connectivity index (χ4n) is 1.92. The lowest BCUT2D eigenvalue weighted by molar-refractivity contribution is 0.173. The Bertz CT molecular complexity index is 549. The molecule has 0 radical (unpaired) electrons. The van der Waals surface area contributed by atoms with Crippen molar-refractivity contribution in [1.29, 1.82) is 0 Å². The van der Waals surface area contributed by atoms with Gasteiger partial charge < -0.3 is 14.2 Å². The Morgan fingerprint density at radius 2 is 1.78 bits per heavy atom. The molecule has 2 aromatic rings. The summed E-state index contributed by atoms with van der Waals surface area (Å²) in [7, 11) is 0. The molecule has 1 aliphatic rings. The molecule has 2 aromatic carbocycles. The first-order valence-electron chi connectivity index (χ1n) is 5.90. The molecule has 92 valence electrons. The van der Waals surface area contributed by atoms with Crippen LogP contribution in [0.2, 0.25) is 0 Å². The first-order chi connectivity index (χ1) is 8.83. The molecule has 0 fully saturated rings.